The van der Waals surface area contributed by atoms with Crippen LogP contribution in [-0.4, -0.2) is 66.6 Å². The number of H-pyrrole nitrogens is 1. The van der Waals surface area contributed by atoms with Crippen LogP contribution in [0.25, 0.3) is 0 Å². The van der Waals surface area contributed by atoms with Crippen LogP contribution in [0.4, 0.5) is 0 Å². The molecule has 1 aromatic rings. The van der Waals surface area contributed by atoms with E-state index >= 15 is 0 Å². The number of hydrogen-bond donors (Lipinski definition) is 2. The molecule has 31 heavy (non-hydrogen) atoms. The molecule has 0 saturated carbocycles. The fraction of sp³-hybridized carbons (Fsp3) is 0.727. The fourth-order valence-electron chi connectivity index (χ4n) is 4.54. The summed E-state index contributed by atoms with van der Waals surface area (Å²) in [6.45, 7) is 9.34. The predicted octanol–water partition coefficient (Wildman–Crippen LogP) is 2.57. The topological polar surface area (TPSA) is 103 Å². The Morgan fingerprint density at radius 1 is 1.06 bits per heavy atom. The summed E-state index contributed by atoms with van der Waals surface area (Å²) in [4.78, 5) is 30.6. The van der Waals surface area contributed by atoms with Gasteiger partial charge in [-0.15, -0.1) is 0 Å². The van der Waals surface area contributed by atoms with Crippen molar-refractivity contribution in [3.63, 3.8) is 0 Å². The standard InChI is InChI=1S/C22H36N4O4S/c1-5-15(2)23-21(27)18-9-13-26(14-10-18)31(29,30)20-17(4)24-16(3)19(20)22(28)25-11-7-6-8-12-25/h15,18,24H,5-14H2,1-4H3,(H,23,27)/t15-/m0/s1. The largest absolute Gasteiger partial charge is 0.361 e. The highest BCUT2D eigenvalue weighted by Gasteiger charge is 2.38. The minimum absolute atomic E-state index is 0.000956. The van der Waals surface area contributed by atoms with Gasteiger partial charge >= 0.3 is 0 Å². The summed E-state index contributed by atoms with van der Waals surface area (Å²) in [7, 11) is -3.84. The molecular formula is C22H36N4O4S. The normalized spacial score (nSPS) is 19.9. The maximum absolute atomic E-state index is 13.6. The van der Waals surface area contributed by atoms with Gasteiger partial charge in [-0.3, -0.25) is 9.59 Å². The first-order chi connectivity index (χ1) is 14.7. The molecule has 2 fully saturated rings. The lowest BCUT2D eigenvalue weighted by Gasteiger charge is -2.32. The minimum Gasteiger partial charge on any atom is -0.361 e. The van der Waals surface area contributed by atoms with Crippen LogP contribution in [0.3, 0.4) is 0 Å². The maximum Gasteiger partial charge on any atom is 0.257 e. The van der Waals surface area contributed by atoms with Crippen molar-refractivity contribution >= 4 is 21.8 Å². The molecule has 0 radical (unpaired) electrons. The van der Waals surface area contributed by atoms with E-state index in [0.29, 0.717) is 37.3 Å². The van der Waals surface area contributed by atoms with E-state index in [4.69, 9.17) is 0 Å². The molecule has 0 aromatic carbocycles. The van der Waals surface area contributed by atoms with Gasteiger partial charge < -0.3 is 15.2 Å². The molecule has 9 heteroatoms. The van der Waals surface area contributed by atoms with E-state index in [9.17, 15) is 18.0 Å². The molecule has 1 atom stereocenters. The van der Waals surface area contributed by atoms with Gasteiger partial charge in [-0.25, -0.2) is 8.42 Å². The Balaban J connectivity index is 1.78. The number of aromatic nitrogens is 1. The average molecular weight is 453 g/mol. The van der Waals surface area contributed by atoms with Crippen LogP contribution in [0.15, 0.2) is 4.90 Å². The van der Waals surface area contributed by atoms with Crippen LogP contribution in [0, 0.1) is 19.8 Å². The van der Waals surface area contributed by atoms with Crippen molar-refractivity contribution in [3.8, 4) is 0 Å². The molecule has 1 aromatic heterocycles. The number of aryl methyl sites for hydroxylation is 2. The number of amides is 2. The van der Waals surface area contributed by atoms with E-state index < -0.39 is 10.0 Å². The number of hydrogen-bond acceptors (Lipinski definition) is 4. The second-order valence-electron chi connectivity index (χ2n) is 8.93. The van der Waals surface area contributed by atoms with Crippen LogP contribution < -0.4 is 5.32 Å². The number of aromatic amines is 1. The van der Waals surface area contributed by atoms with E-state index in [0.717, 1.165) is 25.7 Å². The molecular weight excluding hydrogens is 416 g/mol. The van der Waals surface area contributed by atoms with Gasteiger partial charge in [-0.1, -0.05) is 6.92 Å². The third kappa shape index (κ3) is 4.98. The molecule has 0 aliphatic carbocycles. The number of piperidine rings is 2. The maximum atomic E-state index is 13.6. The second kappa shape index (κ2) is 9.73. The van der Waals surface area contributed by atoms with E-state index in [1.807, 2.05) is 13.8 Å². The van der Waals surface area contributed by atoms with Gasteiger partial charge in [-0.05, 0) is 59.3 Å². The Morgan fingerprint density at radius 2 is 1.68 bits per heavy atom. The lowest BCUT2D eigenvalue weighted by atomic mass is 9.97. The Kier molecular flexibility index (Phi) is 7.47. The molecule has 2 aliphatic heterocycles. The van der Waals surface area contributed by atoms with Crippen molar-refractivity contribution in [1.82, 2.24) is 19.5 Å². The van der Waals surface area contributed by atoms with E-state index in [2.05, 4.69) is 10.3 Å². The fourth-order valence-corrected chi connectivity index (χ4v) is 6.43. The van der Waals surface area contributed by atoms with Crippen molar-refractivity contribution in [1.29, 1.82) is 0 Å². The lowest BCUT2D eigenvalue weighted by molar-refractivity contribution is -0.126. The number of rotatable bonds is 6. The first kappa shape index (κ1) is 23.8. The molecule has 2 aliphatic rings. The number of carbonyl (C=O) groups is 2. The predicted molar refractivity (Wildman–Crippen MR) is 119 cm³/mol. The molecule has 2 amide bonds. The summed E-state index contributed by atoms with van der Waals surface area (Å²) < 4.78 is 28.6. The molecule has 2 N–H and O–H groups in total. The van der Waals surface area contributed by atoms with Gasteiger partial charge in [0.25, 0.3) is 5.91 Å². The highest BCUT2D eigenvalue weighted by Crippen LogP contribution is 2.31. The summed E-state index contributed by atoms with van der Waals surface area (Å²) in [6.07, 6.45) is 4.82. The first-order valence-electron chi connectivity index (χ1n) is 11.5. The third-order valence-corrected chi connectivity index (χ3v) is 8.67. The number of carbonyl (C=O) groups excluding carboxylic acids is 2. The monoisotopic (exact) mass is 452 g/mol. The van der Waals surface area contributed by atoms with Crippen molar-refractivity contribution in [2.45, 2.75) is 77.2 Å². The molecule has 3 heterocycles. The summed E-state index contributed by atoms with van der Waals surface area (Å²) in [5, 5.41) is 3.00. The molecule has 0 unspecified atom stereocenters. The minimum atomic E-state index is -3.84. The second-order valence-corrected chi connectivity index (χ2v) is 10.8. The summed E-state index contributed by atoms with van der Waals surface area (Å²) >= 11 is 0. The third-order valence-electron chi connectivity index (χ3n) is 6.60. The van der Waals surface area contributed by atoms with Crippen molar-refractivity contribution < 1.29 is 18.0 Å². The number of nitrogens with zero attached hydrogens (tertiary/aromatic N) is 2. The summed E-state index contributed by atoms with van der Waals surface area (Å²) in [5.41, 5.74) is 1.36. The lowest BCUT2D eigenvalue weighted by Crippen LogP contribution is -2.45. The molecule has 0 bridgehead atoms. The van der Waals surface area contributed by atoms with Crippen LogP contribution in [0.5, 0.6) is 0 Å². The van der Waals surface area contributed by atoms with Gasteiger partial charge in [0.2, 0.25) is 15.9 Å². The Morgan fingerprint density at radius 3 is 2.26 bits per heavy atom. The highest BCUT2D eigenvalue weighted by atomic mass is 32.2. The summed E-state index contributed by atoms with van der Waals surface area (Å²) in [6, 6.07) is 0.114. The van der Waals surface area contributed by atoms with Gasteiger partial charge in [0, 0.05) is 49.5 Å². The smallest absolute Gasteiger partial charge is 0.257 e. The zero-order chi connectivity index (χ0) is 22.8. The zero-order valence-electron chi connectivity index (χ0n) is 19.2. The van der Waals surface area contributed by atoms with Crippen LogP contribution >= 0.6 is 0 Å². The van der Waals surface area contributed by atoms with Gasteiger partial charge in [0.1, 0.15) is 4.90 Å². The number of nitrogens with one attached hydrogen (secondary N) is 2. The zero-order valence-corrected chi connectivity index (χ0v) is 20.0. The van der Waals surface area contributed by atoms with E-state index in [1.54, 1.807) is 18.7 Å². The van der Waals surface area contributed by atoms with Gasteiger partial charge in [-0.2, -0.15) is 4.31 Å². The van der Waals surface area contributed by atoms with E-state index in [-0.39, 0.29) is 47.3 Å². The average Bonchev–Trinajstić information content (AvgIpc) is 3.08. The first-order valence-corrected chi connectivity index (χ1v) is 12.9. The Bertz CT molecular complexity index is 910. The molecule has 8 nitrogen and oxygen atoms in total. The van der Waals surface area contributed by atoms with Crippen molar-refractivity contribution in [2.24, 2.45) is 5.92 Å². The molecule has 2 saturated heterocycles. The highest BCUT2D eigenvalue weighted by molar-refractivity contribution is 7.89. The number of sulfonamides is 1. The van der Waals surface area contributed by atoms with Gasteiger partial charge in [0.15, 0.2) is 0 Å². The Labute approximate surface area is 185 Å². The van der Waals surface area contributed by atoms with Crippen LogP contribution in [-0.2, 0) is 14.8 Å². The van der Waals surface area contributed by atoms with Crippen LogP contribution in [0.2, 0.25) is 0 Å². The summed E-state index contributed by atoms with van der Waals surface area (Å²) in [5.74, 6) is -0.382. The molecule has 0 spiro atoms. The number of likely N-dealkylation sites (tertiary alicyclic amines) is 1. The van der Waals surface area contributed by atoms with Crippen molar-refractivity contribution in [2.75, 3.05) is 26.2 Å². The van der Waals surface area contributed by atoms with Gasteiger partial charge in [0.05, 0.1) is 5.56 Å². The van der Waals surface area contributed by atoms with Crippen molar-refractivity contribution in [3.05, 3.63) is 17.0 Å². The SMILES string of the molecule is CC[C@H](C)NC(=O)C1CCN(S(=O)(=O)c2c(C)[nH]c(C)c2C(=O)N2CCCCC2)CC1. The molecule has 174 valence electrons. The molecule has 3 rings (SSSR count). The van der Waals surface area contributed by atoms with Crippen LogP contribution in [0.1, 0.15) is 74.1 Å². The Hall–Kier alpha value is -1.87. The van der Waals surface area contributed by atoms with E-state index in [1.165, 1.54) is 4.31 Å². The quantitative estimate of drug-likeness (QED) is 0.692.